The molecule has 0 radical (unpaired) electrons. The monoisotopic (exact) mass is 336 g/mol. The van der Waals surface area contributed by atoms with Crippen molar-refractivity contribution in [3.8, 4) is 18.0 Å². The lowest BCUT2D eigenvalue weighted by Crippen LogP contribution is -2.28. The average molecular weight is 336 g/mol. The van der Waals surface area contributed by atoms with Crippen molar-refractivity contribution in [2.45, 2.75) is 13.8 Å². The van der Waals surface area contributed by atoms with Crippen molar-refractivity contribution in [3.63, 3.8) is 0 Å². The summed E-state index contributed by atoms with van der Waals surface area (Å²) in [6, 6.07) is 10.0. The number of hydrogen-bond acceptors (Lipinski definition) is 3. The van der Waals surface area contributed by atoms with Gasteiger partial charge in [-0.15, -0.1) is 6.42 Å². The maximum absolute atomic E-state index is 12.3. The molecule has 3 rings (SSSR count). The molecule has 0 aliphatic carbocycles. The number of aromatic nitrogens is 1. The highest BCUT2D eigenvalue weighted by Gasteiger charge is 2.34. The van der Waals surface area contributed by atoms with E-state index in [1.54, 1.807) is 6.08 Å². The lowest BCUT2D eigenvalue weighted by atomic mass is 10.1. The zero-order chi connectivity index (χ0) is 17.3. The second-order valence-corrected chi connectivity index (χ2v) is 6.54. The smallest absolute Gasteiger partial charge is 0.294 e. The molecule has 1 aromatic heterocycles. The van der Waals surface area contributed by atoms with Gasteiger partial charge in [0, 0.05) is 17.6 Å². The molecule has 0 unspecified atom stereocenters. The van der Waals surface area contributed by atoms with Gasteiger partial charge in [-0.2, -0.15) is 0 Å². The van der Waals surface area contributed by atoms with Gasteiger partial charge in [0.25, 0.3) is 11.1 Å². The van der Waals surface area contributed by atoms with Crippen LogP contribution in [0.2, 0.25) is 0 Å². The van der Waals surface area contributed by atoms with Crippen molar-refractivity contribution in [2.24, 2.45) is 0 Å². The fourth-order valence-corrected chi connectivity index (χ4v) is 3.31. The predicted octanol–water partition coefficient (Wildman–Crippen LogP) is 3.76. The normalized spacial score (nSPS) is 16.0. The molecule has 1 aromatic carbocycles. The van der Waals surface area contributed by atoms with Crippen LogP contribution in [0.1, 0.15) is 16.8 Å². The number of thioether (sulfide) groups is 1. The summed E-state index contributed by atoms with van der Waals surface area (Å²) in [5.74, 6) is 2.00. The minimum Gasteiger partial charge on any atom is -0.317 e. The number of amides is 2. The number of carbonyl (C=O) groups is 2. The quantitative estimate of drug-likeness (QED) is 0.633. The molecule has 0 saturated carbocycles. The largest absolute Gasteiger partial charge is 0.317 e. The van der Waals surface area contributed by atoms with Gasteiger partial charge < -0.3 is 4.57 Å². The minimum atomic E-state index is -0.337. The van der Waals surface area contributed by atoms with E-state index in [2.05, 4.69) is 31.9 Å². The lowest BCUT2D eigenvalue weighted by Gasteiger charge is -2.10. The molecule has 2 amide bonds. The Morgan fingerprint density at radius 1 is 1.21 bits per heavy atom. The number of benzene rings is 1. The highest BCUT2D eigenvalue weighted by Crippen LogP contribution is 2.32. The molecule has 5 heteroatoms. The van der Waals surface area contributed by atoms with E-state index in [-0.39, 0.29) is 17.7 Å². The first-order valence-electron chi connectivity index (χ1n) is 7.45. The van der Waals surface area contributed by atoms with Crippen molar-refractivity contribution < 1.29 is 9.59 Å². The van der Waals surface area contributed by atoms with Gasteiger partial charge in [-0.05, 0) is 67.1 Å². The van der Waals surface area contributed by atoms with E-state index in [0.717, 1.165) is 28.0 Å². The average Bonchev–Trinajstić information content (AvgIpc) is 3.11. The van der Waals surface area contributed by atoms with Crippen molar-refractivity contribution in [1.82, 2.24) is 9.47 Å². The van der Waals surface area contributed by atoms with Crippen LogP contribution in [0.5, 0.6) is 0 Å². The summed E-state index contributed by atoms with van der Waals surface area (Å²) in [5, 5.41) is -0.325. The first kappa shape index (κ1) is 16.2. The Morgan fingerprint density at radius 3 is 2.71 bits per heavy atom. The third-order valence-corrected chi connectivity index (χ3v) is 4.86. The number of imide groups is 1. The number of terminal acetylenes is 1. The van der Waals surface area contributed by atoms with E-state index in [9.17, 15) is 9.59 Å². The molecule has 1 aliphatic rings. The summed E-state index contributed by atoms with van der Waals surface area (Å²) in [5.41, 5.74) is 4.27. The molecule has 1 saturated heterocycles. The van der Waals surface area contributed by atoms with Crippen LogP contribution in [0.3, 0.4) is 0 Å². The SMILES string of the molecule is C#CCN1C(=O)S/C(=C\c2cccn2-c2ccc(C)c(C)c2)C1=O. The molecule has 0 atom stereocenters. The number of hydrogen-bond donors (Lipinski definition) is 0. The first-order chi connectivity index (χ1) is 11.5. The van der Waals surface area contributed by atoms with Crippen LogP contribution in [0, 0.1) is 26.2 Å². The van der Waals surface area contributed by atoms with Crippen LogP contribution in [-0.2, 0) is 4.79 Å². The van der Waals surface area contributed by atoms with Gasteiger partial charge in [-0.25, -0.2) is 0 Å². The summed E-state index contributed by atoms with van der Waals surface area (Å²) >= 11 is 0.919. The molecule has 1 aliphatic heterocycles. The number of aryl methyl sites for hydroxylation is 2. The van der Waals surface area contributed by atoms with Crippen molar-refractivity contribution in [1.29, 1.82) is 0 Å². The molecule has 0 N–H and O–H groups in total. The summed E-state index contributed by atoms with van der Waals surface area (Å²) in [6.45, 7) is 4.13. The third kappa shape index (κ3) is 2.89. The van der Waals surface area contributed by atoms with E-state index in [1.165, 1.54) is 11.1 Å². The van der Waals surface area contributed by atoms with E-state index >= 15 is 0 Å². The Bertz CT molecular complexity index is 902. The summed E-state index contributed by atoms with van der Waals surface area (Å²) in [4.78, 5) is 25.6. The van der Waals surface area contributed by atoms with Crippen LogP contribution in [0.4, 0.5) is 4.79 Å². The zero-order valence-corrected chi connectivity index (χ0v) is 14.3. The first-order valence-corrected chi connectivity index (χ1v) is 8.26. The van der Waals surface area contributed by atoms with Crippen LogP contribution in [0.15, 0.2) is 41.4 Å². The van der Waals surface area contributed by atoms with Crippen molar-refractivity contribution in [3.05, 3.63) is 58.3 Å². The zero-order valence-electron chi connectivity index (χ0n) is 13.4. The van der Waals surface area contributed by atoms with E-state index in [0.29, 0.717) is 4.91 Å². The number of rotatable bonds is 3. The van der Waals surface area contributed by atoms with Crippen LogP contribution in [-0.4, -0.2) is 27.2 Å². The predicted molar refractivity (Wildman–Crippen MR) is 96.8 cm³/mol. The number of carbonyl (C=O) groups excluding carboxylic acids is 2. The van der Waals surface area contributed by atoms with Gasteiger partial charge in [0.2, 0.25) is 0 Å². The Balaban J connectivity index is 1.97. The highest BCUT2D eigenvalue weighted by atomic mass is 32.2. The van der Waals surface area contributed by atoms with Crippen LogP contribution >= 0.6 is 11.8 Å². The van der Waals surface area contributed by atoms with Gasteiger partial charge in [0.1, 0.15) is 0 Å². The molecular weight excluding hydrogens is 320 g/mol. The molecular formula is C19H16N2O2S. The highest BCUT2D eigenvalue weighted by molar-refractivity contribution is 8.18. The molecule has 0 bridgehead atoms. The second kappa shape index (κ2) is 6.42. The van der Waals surface area contributed by atoms with Crippen molar-refractivity contribution in [2.75, 3.05) is 6.54 Å². The topological polar surface area (TPSA) is 42.3 Å². The molecule has 120 valence electrons. The fourth-order valence-electron chi connectivity index (χ4n) is 2.48. The van der Waals surface area contributed by atoms with Gasteiger partial charge >= 0.3 is 0 Å². The Hall–Kier alpha value is -2.71. The Kier molecular flexibility index (Phi) is 4.32. The molecule has 2 aromatic rings. The summed E-state index contributed by atoms with van der Waals surface area (Å²) in [7, 11) is 0. The summed E-state index contributed by atoms with van der Waals surface area (Å²) in [6.07, 6.45) is 8.88. The van der Waals surface area contributed by atoms with Crippen LogP contribution in [0.25, 0.3) is 11.8 Å². The van der Waals surface area contributed by atoms with E-state index < -0.39 is 0 Å². The Morgan fingerprint density at radius 2 is 2.00 bits per heavy atom. The van der Waals surface area contributed by atoms with Crippen molar-refractivity contribution >= 4 is 29.0 Å². The fraction of sp³-hybridized carbons (Fsp3) is 0.158. The molecule has 0 spiro atoms. The van der Waals surface area contributed by atoms with Gasteiger partial charge in [0.15, 0.2) is 0 Å². The van der Waals surface area contributed by atoms with Gasteiger partial charge in [0.05, 0.1) is 11.4 Å². The minimum absolute atomic E-state index is 0.000174. The standard InChI is InChI=1S/C19H16N2O2S/c1-4-9-21-18(22)17(24-19(21)23)12-15-6-5-10-20(15)16-8-7-13(2)14(3)11-16/h1,5-8,10-12H,9H2,2-3H3/b17-12-. The maximum Gasteiger partial charge on any atom is 0.294 e. The molecule has 4 nitrogen and oxygen atoms in total. The lowest BCUT2D eigenvalue weighted by molar-refractivity contribution is -0.122. The second-order valence-electron chi connectivity index (χ2n) is 5.54. The Labute approximate surface area is 145 Å². The van der Waals surface area contributed by atoms with E-state index in [1.807, 2.05) is 29.0 Å². The molecule has 2 heterocycles. The summed E-state index contributed by atoms with van der Waals surface area (Å²) < 4.78 is 1.99. The van der Waals surface area contributed by atoms with Crippen LogP contribution < -0.4 is 0 Å². The van der Waals surface area contributed by atoms with E-state index in [4.69, 9.17) is 6.42 Å². The third-order valence-electron chi connectivity index (χ3n) is 3.95. The van der Waals surface area contributed by atoms with Gasteiger partial charge in [-0.3, -0.25) is 14.5 Å². The number of nitrogens with zero attached hydrogens (tertiary/aromatic N) is 2. The van der Waals surface area contributed by atoms with Gasteiger partial charge in [-0.1, -0.05) is 12.0 Å². The molecule has 24 heavy (non-hydrogen) atoms. The maximum atomic E-state index is 12.3. The molecule has 1 fully saturated rings.